The maximum Gasteiger partial charge on any atom is 0.269 e. The van der Waals surface area contributed by atoms with Crippen LogP contribution in [0.15, 0.2) is 35.2 Å². The van der Waals surface area contributed by atoms with Crippen LogP contribution in [0.25, 0.3) is 0 Å². The maximum absolute atomic E-state index is 12.0. The minimum Gasteiger partial charge on any atom is -0.349 e. The van der Waals surface area contributed by atoms with Gasteiger partial charge in [0.2, 0.25) is 0 Å². The highest BCUT2D eigenvalue weighted by atomic mass is 35.5. The summed E-state index contributed by atoms with van der Waals surface area (Å²) < 4.78 is 0. The molecule has 4 nitrogen and oxygen atoms in total. The lowest BCUT2D eigenvalue weighted by atomic mass is 10.1. The Morgan fingerprint density at radius 3 is 2.90 bits per heavy atom. The number of aromatic nitrogens is 1. The van der Waals surface area contributed by atoms with Crippen LogP contribution >= 0.6 is 22.9 Å². The van der Waals surface area contributed by atoms with Gasteiger partial charge < -0.3 is 10.2 Å². The second kappa shape index (κ2) is 6.83. The molecule has 2 aromatic rings. The summed E-state index contributed by atoms with van der Waals surface area (Å²) >= 11 is 7.51. The number of hydrogen-bond donors (Lipinski definition) is 1. The summed E-state index contributed by atoms with van der Waals surface area (Å²) in [7, 11) is 3.98. The molecule has 2 aromatic heterocycles. The average Bonchev–Trinajstić information content (AvgIpc) is 2.92. The molecule has 0 aliphatic carbocycles. The van der Waals surface area contributed by atoms with Crippen LogP contribution in [0.3, 0.4) is 0 Å². The summed E-state index contributed by atoms with van der Waals surface area (Å²) in [6.07, 6.45) is 1.53. The van der Waals surface area contributed by atoms with Crippen molar-refractivity contribution in [3.63, 3.8) is 0 Å². The van der Waals surface area contributed by atoms with Gasteiger partial charge in [0.15, 0.2) is 0 Å². The molecular weight excluding hydrogens is 294 g/mol. The number of carbonyl (C=O) groups is 1. The fourth-order valence-electron chi connectivity index (χ4n) is 1.87. The van der Waals surface area contributed by atoms with Crippen LogP contribution in [-0.4, -0.2) is 36.4 Å². The fourth-order valence-corrected chi connectivity index (χ4v) is 2.74. The molecule has 0 fully saturated rings. The van der Waals surface area contributed by atoms with Crippen LogP contribution in [0.5, 0.6) is 0 Å². The van der Waals surface area contributed by atoms with Crippen molar-refractivity contribution in [3.8, 4) is 0 Å². The highest BCUT2D eigenvalue weighted by molar-refractivity contribution is 7.07. The van der Waals surface area contributed by atoms with E-state index in [1.165, 1.54) is 11.8 Å². The lowest BCUT2D eigenvalue weighted by Crippen LogP contribution is -2.34. The van der Waals surface area contributed by atoms with Gasteiger partial charge in [0, 0.05) is 17.8 Å². The Balaban J connectivity index is 2.01. The molecule has 106 valence electrons. The zero-order valence-electron chi connectivity index (χ0n) is 11.3. The van der Waals surface area contributed by atoms with E-state index in [9.17, 15) is 4.79 Å². The molecule has 1 N–H and O–H groups in total. The third kappa shape index (κ3) is 3.79. The predicted molar refractivity (Wildman–Crippen MR) is 82.3 cm³/mol. The lowest BCUT2D eigenvalue weighted by molar-refractivity contribution is 0.0937. The van der Waals surface area contributed by atoms with Crippen molar-refractivity contribution < 1.29 is 4.79 Å². The Labute approximate surface area is 127 Å². The molecule has 0 radical (unpaired) electrons. The van der Waals surface area contributed by atoms with Crippen LogP contribution < -0.4 is 5.32 Å². The van der Waals surface area contributed by atoms with Gasteiger partial charge in [-0.05, 0) is 48.6 Å². The smallest absolute Gasteiger partial charge is 0.269 e. The van der Waals surface area contributed by atoms with Crippen molar-refractivity contribution in [3.05, 3.63) is 51.4 Å². The summed E-state index contributed by atoms with van der Waals surface area (Å²) in [6, 6.07) is 5.42. The van der Waals surface area contributed by atoms with Gasteiger partial charge in [-0.25, -0.2) is 0 Å². The maximum atomic E-state index is 12.0. The first kappa shape index (κ1) is 15.0. The predicted octanol–water partition coefficient (Wildman–Crippen LogP) is 2.83. The Morgan fingerprint density at radius 2 is 2.30 bits per heavy atom. The molecular formula is C14H16ClN3OS. The van der Waals surface area contributed by atoms with E-state index < -0.39 is 0 Å². The third-order valence-electron chi connectivity index (χ3n) is 2.96. The quantitative estimate of drug-likeness (QED) is 0.924. The van der Waals surface area contributed by atoms with E-state index in [1.54, 1.807) is 23.5 Å². The number of halogens is 1. The Bertz CT molecular complexity index is 572. The van der Waals surface area contributed by atoms with Crippen molar-refractivity contribution in [2.75, 3.05) is 20.6 Å². The number of nitrogens with zero attached hydrogens (tertiary/aromatic N) is 2. The number of hydrogen-bond acceptors (Lipinski definition) is 4. The molecule has 2 rings (SSSR count). The molecule has 0 bridgehead atoms. The van der Waals surface area contributed by atoms with Crippen molar-refractivity contribution in [1.29, 1.82) is 0 Å². The first-order chi connectivity index (χ1) is 9.58. The largest absolute Gasteiger partial charge is 0.349 e. The molecule has 0 saturated carbocycles. The Kier molecular flexibility index (Phi) is 5.11. The van der Waals surface area contributed by atoms with Crippen molar-refractivity contribution >= 4 is 28.8 Å². The molecule has 6 heteroatoms. The van der Waals surface area contributed by atoms with Gasteiger partial charge in [0.05, 0.1) is 6.04 Å². The minimum absolute atomic E-state index is 0.143. The molecule has 0 aromatic carbocycles. The van der Waals surface area contributed by atoms with Crippen LogP contribution in [0, 0.1) is 0 Å². The second-order valence-corrected chi connectivity index (χ2v) is 5.82. The SMILES string of the molecule is CN(C)C(CNC(=O)c1cc(Cl)ccn1)c1ccsc1. The van der Waals surface area contributed by atoms with Crippen molar-refractivity contribution in [2.24, 2.45) is 0 Å². The van der Waals surface area contributed by atoms with E-state index >= 15 is 0 Å². The van der Waals surface area contributed by atoms with E-state index in [4.69, 9.17) is 11.6 Å². The molecule has 1 atom stereocenters. The van der Waals surface area contributed by atoms with Crippen molar-refractivity contribution in [2.45, 2.75) is 6.04 Å². The van der Waals surface area contributed by atoms with Gasteiger partial charge >= 0.3 is 0 Å². The average molecular weight is 310 g/mol. The van der Waals surface area contributed by atoms with Crippen LogP contribution in [-0.2, 0) is 0 Å². The number of carbonyl (C=O) groups excluding carboxylic acids is 1. The molecule has 1 unspecified atom stereocenters. The summed E-state index contributed by atoms with van der Waals surface area (Å²) in [5, 5.41) is 7.53. The van der Waals surface area contributed by atoms with Gasteiger partial charge in [-0.15, -0.1) is 0 Å². The second-order valence-electron chi connectivity index (χ2n) is 4.61. The Morgan fingerprint density at radius 1 is 1.50 bits per heavy atom. The van der Waals surface area contributed by atoms with Crippen LogP contribution in [0.2, 0.25) is 5.02 Å². The van der Waals surface area contributed by atoms with E-state index in [-0.39, 0.29) is 11.9 Å². The normalized spacial score (nSPS) is 12.4. The van der Waals surface area contributed by atoms with Gasteiger partial charge in [-0.3, -0.25) is 9.78 Å². The molecule has 2 heterocycles. The van der Waals surface area contributed by atoms with E-state index in [0.717, 1.165) is 0 Å². The number of pyridine rings is 1. The zero-order valence-corrected chi connectivity index (χ0v) is 12.9. The number of likely N-dealkylation sites (N-methyl/N-ethyl adjacent to an activating group) is 1. The highest BCUT2D eigenvalue weighted by Gasteiger charge is 2.16. The van der Waals surface area contributed by atoms with Crippen LogP contribution in [0.1, 0.15) is 22.1 Å². The summed E-state index contributed by atoms with van der Waals surface area (Å²) in [6.45, 7) is 0.525. The molecule has 0 aliphatic rings. The fraction of sp³-hybridized carbons (Fsp3) is 0.286. The molecule has 0 saturated heterocycles. The number of rotatable bonds is 5. The minimum atomic E-state index is -0.213. The number of amides is 1. The number of thiophene rings is 1. The van der Waals surface area contributed by atoms with E-state index in [2.05, 4.69) is 26.6 Å². The topological polar surface area (TPSA) is 45.2 Å². The molecule has 0 aliphatic heterocycles. The zero-order chi connectivity index (χ0) is 14.5. The number of nitrogens with one attached hydrogen (secondary N) is 1. The van der Waals surface area contributed by atoms with Crippen LogP contribution in [0.4, 0.5) is 0 Å². The Hall–Kier alpha value is -1.43. The molecule has 1 amide bonds. The summed E-state index contributed by atoms with van der Waals surface area (Å²) in [5.41, 5.74) is 1.53. The molecule has 20 heavy (non-hydrogen) atoms. The van der Waals surface area contributed by atoms with Gasteiger partial charge in [0.1, 0.15) is 5.69 Å². The van der Waals surface area contributed by atoms with Gasteiger partial charge in [0.25, 0.3) is 5.91 Å². The summed E-state index contributed by atoms with van der Waals surface area (Å²) in [4.78, 5) is 18.1. The first-order valence-corrected chi connectivity index (χ1v) is 7.48. The third-order valence-corrected chi connectivity index (χ3v) is 3.90. The van der Waals surface area contributed by atoms with Gasteiger partial charge in [-0.1, -0.05) is 11.6 Å². The standard InChI is InChI=1S/C14H16ClN3OS/c1-18(2)13(10-4-6-20-9-10)8-17-14(19)12-7-11(15)3-5-16-12/h3-7,9,13H,8H2,1-2H3,(H,17,19). The van der Waals surface area contributed by atoms with Crippen molar-refractivity contribution in [1.82, 2.24) is 15.2 Å². The van der Waals surface area contributed by atoms with Gasteiger partial charge in [-0.2, -0.15) is 11.3 Å². The van der Waals surface area contributed by atoms with E-state index in [0.29, 0.717) is 17.3 Å². The van der Waals surface area contributed by atoms with E-state index in [1.807, 2.05) is 19.5 Å². The highest BCUT2D eigenvalue weighted by Crippen LogP contribution is 2.20. The first-order valence-electron chi connectivity index (χ1n) is 6.16. The molecule has 0 spiro atoms. The summed E-state index contributed by atoms with van der Waals surface area (Å²) in [5.74, 6) is -0.213. The lowest BCUT2D eigenvalue weighted by Gasteiger charge is -2.23. The monoisotopic (exact) mass is 309 g/mol.